The first-order valence-corrected chi connectivity index (χ1v) is 9.39. The number of hydrogen-bond acceptors (Lipinski definition) is 6. The number of nitrogens with one attached hydrogen (secondary N) is 1. The third-order valence-corrected chi connectivity index (χ3v) is 5.11. The van der Waals surface area contributed by atoms with Crippen LogP contribution in [0.5, 0.6) is 0 Å². The Morgan fingerprint density at radius 1 is 1.33 bits per heavy atom. The fourth-order valence-electron chi connectivity index (χ4n) is 3.84. The van der Waals surface area contributed by atoms with Gasteiger partial charge in [-0.05, 0) is 25.0 Å². The van der Waals surface area contributed by atoms with Crippen LogP contribution in [0.15, 0.2) is 10.9 Å². The van der Waals surface area contributed by atoms with Crippen LogP contribution in [0.2, 0.25) is 0 Å². The van der Waals surface area contributed by atoms with E-state index in [2.05, 4.69) is 5.32 Å². The zero-order chi connectivity index (χ0) is 19.6. The molecule has 3 heterocycles. The maximum absolute atomic E-state index is 13.2. The molecule has 0 saturated carbocycles. The van der Waals surface area contributed by atoms with Crippen LogP contribution in [-0.4, -0.2) is 36.3 Å². The summed E-state index contributed by atoms with van der Waals surface area (Å²) >= 11 is 0. The second kappa shape index (κ2) is 7.82. The number of pyridine rings is 1. The molecule has 1 N–H and O–H groups in total. The second-order valence-electron chi connectivity index (χ2n) is 6.74. The average molecular weight is 378 g/mol. The number of carbonyl (C=O) groups is 2. The van der Waals surface area contributed by atoms with E-state index in [9.17, 15) is 14.4 Å². The number of amides is 1. The molecule has 1 aromatic heterocycles. The van der Waals surface area contributed by atoms with E-state index in [0.29, 0.717) is 49.4 Å². The van der Waals surface area contributed by atoms with Crippen molar-refractivity contribution in [2.75, 3.05) is 19.8 Å². The van der Waals surface area contributed by atoms with E-state index in [4.69, 9.17) is 14.2 Å². The summed E-state index contributed by atoms with van der Waals surface area (Å²) in [7, 11) is 0. The molecule has 2 aliphatic heterocycles. The van der Waals surface area contributed by atoms with Crippen molar-refractivity contribution >= 4 is 11.9 Å². The maximum atomic E-state index is 13.2. The minimum atomic E-state index is -0.923. The number of ether oxygens (including phenoxy) is 3. The van der Waals surface area contributed by atoms with Gasteiger partial charge in [-0.2, -0.15) is 0 Å². The van der Waals surface area contributed by atoms with Gasteiger partial charge in [0.25, 0.3) is 5.56 Å². The second-order valence-corrected chi connectivity index (χ2v) is 6.74. The van der Waals surface area contributed by atoms with Crippen LogP contribution < -0.4 is 10.9 Å². The number of rotatable bonds is 6. The van der Waals surface area contributed by atoms with E-state index in [1.807, 2.05) is 13.0 Å². The predicted octanol–water partition coefficient (Wildman–Crippen LogP) is 1.14. The molecule has 8 heteroatoms. The van der Waals surface area contributed by atoms with E-state index >= 15 is 0 Å². The minimum Gasteiger partial charge on any atom is -0.466 e. The number of fused-ring (bicyclic) bond motifs is 2. The Labute approximate surface area is 157 Å². The zero-order valence-electron chi connectivity index (χ0n) is 16.0. The first-order chi connectivity index (χ1) is 12.9. The van der Waals surface area contributed by atoms with E-state index in [-0.39, 0.29) is 30.6 Å². The summed E-state index contributed by atoms with van der Waals surface area (Å²) in [6.45, 7) is 6.73. The van der Waals surface area contributed by atoms with Gasteiger partial charge in [-0.25, -0.2) is 0 Å². The Hall–Kier alpha value is -2.19. The Kier molecular flexibility index (Phi) is 5.67. The van der Waals surface area contributed by atoms with Crippen LogP contribution in [0.1, 0.15) is 56.4 Å². The highest BCUT2D eigenvalue weighted by Crippen LogP contribution is 2.41. The number of carbonyl (C=O) groups excluding carboxylic acids is 2. The minimum absolute atomic E-state index is 0.0639. The summed E-state index contributed by atoms with van der Waals surface area (Å²) in [5, 5.41) is 2.68. The average Bonchev–Trinajstić information content (AvgIpc) is 3.24. The fraction of sp³-hybridized carbons (Fsp3) is 0.632. The SMILES string of the molecule is CCOC(=O)C(CC)c1cc2n(c(=O)c1CNC(C)=O)CCC21OCCO1. The molecule has 2 aliphatic rings. The third-order valence-electron chi connectivity index (χ3n) is 5.11. The Morgan fingerprint density at radius 2 is 2.04 bits per heavy atom. The summed E-state index contributed by atoms with van der Waals surface area (Å²) in [6.07, 6.45) is 1.02. The van der Waals surface area contributed by atoms with Gasteiger partial charge in [0.1, 0.15) is 0 Å². The molecule has 0 bridgehead atoms. The molecular weight excluding hydrogens is 352 g/mol. The van der Waals surface area contributed by atoms with Crippen LogP contribution in [-0.2, 0) is 42.7 Å². The summed E-state index contributed by atoms with van der Waals surface area (Å²) in [5.41, 5.74) is 1.38. The molecule has 148 valence electrons. The van der Waals surface area contributed by atoms with Crippen LogP contribution >= 0.6 is 0 Å². The lowest BCUT2D eigenvalue weighted by molar-refractivity contribution is -0.163. The van der Waals surface area contributed by atoms with Crippen LogP contribution in [0.25, 0.3) is 0 Å². The third kappa shape index (κ3) is 3.51. The summed E-state index contributed by atoms with van der Waals surface area (Å²) < 4.78 is 18.5. The smallest absolute Gasteiger partial charge is 0.313 e. The molecule has 1 amide bonds. The van der Waals surface area contributed by atoms with Gasteiger partial charge < -0.3 is 24.1 Å². The predicted molar refractivity (Wildman–Crippen MR) is 96.1 cm³/mol. The lowest BCUT2D eigenvalue weighted by Crippen LogP contribution is -2.34. The molecule has 1 fully saturated rings. The molecule has 0 radical (unpaired) electrons. The van der Waals surface area contributed by atoms with Crippen molar-refractivity contribution in [2.24, 2.45) is 0 Å². The van der Waals surface area contributed by atoms with Crippen LogP contribution in [0, 0.1) is 0 Å². The molecule has 8 nitrogen and oxygen atoms in total. The largest absolute Gasteiger partial charge is 0.466 e. The Balaban J connectivity index is 2.13. The van der Waals surface area contributed by atoms with Gasteiger partial charge in [-0.1, -0.05) is 6.92 Å². The van der Waals surface area contributed by atoms with E-state index in [0.717, 1.165) is 0 Å². The highest BCUT2D eigenvalue weighted by atomic mass is 16.7. The normalized spacial score (nSPS) is 18.3. The van der Waals surface area contributed by atoms with Crippen molar-refractivity contribution < 1.29 is 23.8 Å². The van der Waals surface area contributed by atoms with Crippen molar-refractivity contribution in [3.05, 3.63) is 33.2 Å². The molecule has 27 heavy (non-hydrogen) atoms. The first kappa shape index (κ1) is 19.6. The number of esters is 1. The van der Waals surface area contributed by atoms with Gasteiger partial charge in [0.2, 0.25) is 11.7 Å². The van der Waals surface area contributed by atoms with Crippen molar-refractivity contribution in [2.45, 2.75) is 58.4 Å². The lowest BCUT2D eigenvalue weighted by Gasteiger charge is -2.25. The molecule has 1 unspecified atom stereocenters. The molecule has 1 atom stereocenters. The molecule has 1 aromatic rings. The maximum Gasteiger partial charge on any atom is 0.313 e. The standard InChI is InChI=1S/C19H26N2O6/c1-4-13(18(24)25-5-2)14-10-16-19(26-8-9-27-19)6-7-21(16)17(23)15(14)11-20-12(3)22/h10,13H,4-9,11H2,1-3H3,(H,20,22). The molecule has 0 aromatic carbocycles. The summed E-state index contributed by atoms with van der Waals surface area (Å²) in [4.78, 5) is 37.1. The lowest BCUT2D eigenvalue weighted by atomic mass is 9.91. The highest BCUT2D eigenvalue weighted by molar-refractivity contribution is 5.79. The monoisotopic (exact) mass is 378 g/mol. The van der Waals surface area contributed by atoms with Gasteiger partial charge in [0.05, 0.1) is 31.4 Å². The van der Waals surface area contributed by atoms with E-state index in [1.165, 1.54) is 6.92 Å². The van der Waals surface area contributed by atoms with Crippen molar-refractivity contribution in [1.82, 2.24) is 9.88 Å². The topological polar surface area (TPSA) is 95.9 Å². The summed E-state index contributed by atoms with van der Waals surface area (Å²) in [5.74, 6) is -2.14. The van der Waals surface area contributed by atoms with Gasteiger partial charge in [0, 0.05) is 32.0 Å². The van der Waals surface area contributed by atoms with E-state index < -0.39 is 11.7 Å². The van der Waals surface area contributed by atoms with Gasteiger partial charge in [0.15, 0.2) is 0 Å². The molecule has 1 saturated heterocycles. The van der Waals surface area contributed by atoms with E-state index in [1.54, 1.807) is 11.5 Å². The van der Waals surface area contributed by atoms with Crippen molar-refractivity contribution in [3.63, 3.8) is 0 Å². The van der Waals surface area contributed by atoms with Crippen molar-refractivity contribution in [1.29, 1.82) is 0 Å². The first-order valence-electron chi connectivity index (χ1n) is 9.39. The number of aromatic nitrogens is 1. The quantitative estimate of drug-likeness (QED) is 0.746. The molecule has 0 aliphatic carbocycles. The van der Waals surface area contributed by atoms with Crippen molar-refractivity contribution in [3.8, 4) is 0 Å². The van der Waals surface area contributed by atoms with Crippen LogP contribution in [0.4, 0.5) is 0 Å². The van der Waals surface area contributed by atoms with Gasteiger partial charge in [-0.15, -0.1) is 0 Å². The van der Waals surface area contributed by atoms with Gasteiger partial charge in [-0.3, -0.25) is 14.4 Å². The molecule has 3 rings (SSSR count). The number of nitrogens with zero attached hydrogens (tertiary/aromatic N) is 1. The Morgan fingerprint density at radius 3 is 2.63 bits per heavy atom. The fourth-order valence-corrected chi connectivity index (χ4v) is 3.84. The molecule has 1 spiro atoms. The van der Waals surface area contributed by atoms with Crippen LogP contribution in [0.3, 0.4) is 0 Å². The Bertz CT molecular complexity index is 794. The summed E-state index contributed by atoms with van der Waals surface area (Å²) in [6, 6.07) is 1.82. The highest BCUT2D eigenvalue weighted by Gasteiger charge is 2.46. The zero-order valence-corrected chi connectivity index (χ0v) is 16.0. The number of hydrogen-bond donors (Lipinski definition) is 1. The van der Waals surface area contributed by atoms with Gasteiger partial charge >= 0.3 is 5.97 Å². The molecular formula is C19H26N2O6.